The van der Waals surface area contributed by atoms with Gasteiger partial charge in [-0.05, 0) is 58.1 Å². The fourth-order valence-corrected chi connectivity index (χ4v) is 8.37. The minimum absolute atomic E-state index is 0.296. The second-order valence-corrected chi connectivity index (χ2v) is 14.2. The van der Waals surface area contributed by atoms with Crippen LogP contribution < -0.4 is 4.90 Å². The molecule has 0 saturated carbocycles. The topological polar surface area (TPSA) is 51.0 Å². The highest BCUT2D eigenvalue weighted by Gasteiger charge is 2.41. The molecule has 6 heteroatoms. The van der Waals surface area contributed by atoms with Gasteiger partial charge in [-0.3, -0.25) is 9.59 Å². The zero-order chi connectivity index (χ0) is 39.3. The van der Waals surface area contributed by atoms with Gasteiger partial charge in [0, 0.05) is 27.5 Å². The summed E-state index contributed by atoms with van der Waals surface area (Å²) in [6.07, 6.45) is 0. The average molecular weight is 743 g/mol. The maximum Gasteiger partial charge on any atom is 0.268 e. The van der Waals surface area contributed by atoms with E-state index in [0.717, 1.165) is 66.3 Å². The fraction of sp³-hybridized carbons (Fsp3) is 0. The molecule has 1 aromatic heterocycles. The van der Waals surface area contributed by atoms with Crippen molar-refractivity contribution < 1.29 is 9.59 Å². The number of benzene rings is 8. The summed E-state index contributed by atoms with van der Waals surface area (Å²) in [5, 5.41) is 1.88. The quantitative estimate of drug-likeness (QED) is 0.126. The first-order valence-corrected chi connectivity index (χ1v) is 18.8. The number of anilines is 1. The molecule has 6 nitrogen and oxygen atoms in total. The zero-order valence-corrected chi connectivity index (χ0v) is 30.9. The monoisotopic (exact) mass is 742 g/mol. The van der Waals surface area contributed by atoms with Gasteiger partial charge >= 0.3 is 0 Å². The molecular weight excluding hydrogens is 713 g/mol. The van der Waals surface area contributed by atoms with Crippen molar-refractivity contribution in [1.29, 1.82) is 0 Å². The summed E-state index contributed by atoms with van der Waals surface area (Å²) >= 11 is 0. The van der Waals surface area contributed by atoms with Crippen LogP contribution >= 0.6 is 0 Å². The van der Waals surface area contributed by atoms with Crippen LogP contribution in [-0.4, -0.2) is 16.4 Å². The number of carbonyl (C=O) groups is 2. The summed E-state index contributed by atoms with van der Waals surface area (Å²) in [5.41, 5.74) is 11.3. The number of fused-ring (bicyclic) bond motifs is 4. The predicted molar refractivity (Wildman–Crippen MR) is 233 cm³/mol. The number of rotatable bonds is 6. The van der Waals surface area contributed by atoms with Crippen molar-refractivity contribution in [2.45, 2.75) is 0 Å². The van der Waals surface area contributed by atoms with Crippen molar-refractivity contribution in [1.82, 2.24) is 4.57 Å². The van der Waals surface area contributed by atoms with E-state index in [2.05, 4.69) is 26.4 Å². The molecule has 0 saturated heterocycles. The molecule has 0 aliphatic carbocycles. The first-order valence-electron chi connectivity index (χ1n) is 18.8. The van der Waals surface area contributed by atoms with E-state index in [4.69, 9.17) is 13.1 Å². The predicted octanol–water partition coefficient (Wildman–Crippen LogP) is 13.4. The minimum Gasteiger partial charge on any atom is -0.307 e. The fourth-order valence-electron chi connectivity index (χ4n) is 8.37. The number of carbonyl (C=O) groups excluding carboxylic acids is 2. The van der Waals surface area contributed by atoms with Crippen LogP contribution in [0.1, 0.15) is 20.7 Å². The van der Waals surface area contributed by atoms with Gasteiger partial charge in [-0.25, -0.2) is 14.6 Å². The van der Waals surface area contributed by atoms with Crippen molar-refractivity contribution in [3.63, 3.8) is 0 Å². The van der Waals surface area contributed by atoms with Crippen LogP contribution in [0.5, 0.6) is 0 Å². The molecule has 0 bridgehead atoms. The van der Waals surface area contributed by atoms with Gasteiger partial charge in [0.1, 0.15) is 0 Å². The summed E-state index contributed by atoms with van der Waals surface area (Å²) in [7, 11) is 0. The Hall–Kier alpha value is -8.32. The van der Waals surface area contributed by atoms with Gasteiger partial charge in [-0.15, -0.1) is 0 Å². The summed E-state index contributed by atoms with van der Waals surface area (Å²) < 4.78 is 2.11. The molecule has 2 amide bonds. The average Bonchev–Trinajstić information content (AvgIpc) is 3.77. The molecule has 8 aromatic carbocycles. The van der Waals surface area contributed by atoms with Crippen LogP contribution in [0.4, 0.5) is 17.1 Å². The second-order valence-electron chi connectivity index (χ2n) is 14.2. The Kier molecular flexibility index (Phi) is 8.11. The van der Waals surface area contributed by atoms with Gasteiger partial charge in [-0.2, -0.15) is 0 Å². The molecule has 0 fully saturated rings. The maximum atomic E-state index is 15.3. The van der Waals surface area contributed by atoms with E-state index in [1.165, 1.54) is 4.90 Å². The van der Waals surface area contributed by atoms with Crippen LogP contribution in [-0.2, 0) is 0 Å². The number of para-hydroxylation sites is 2. The first kappa shape index (κ1) is 34.2. The molecule has 270 valence electrons. The van der Waals surface area contributed by atoms with Gasteiger partial charge in [0.05, 0.1) is 46.7 Å². The largest absolute Gasteiger partial charge is 0.307 e. The Labute approximate surface area is 334 Å². The Bertz CT molecular complexity index is 3130. The van der Waals surface area contributed by atoms with E-state index in [1.807, 2.05) is 152 Å². The molecule has 58 heavy (non-hydrogen) atoms. The number of imide groups is 1. The zero-order valence-electron chi connectivity index (χ0n) is 30.9. The summed E-state index contributed by atoms with van der Waals surface area (Å²) in [6, 6.07) is 58.4. The lowest BCUT2D eigenvalue weighted by Gasteiger charge is -2.20. The lowest BCUT2D eigenvalue weighted by atomic mass is 9.97. The molecule has 1 aliphatic rings. The van der Waals surface area contributed by atoms with Crippen molar-refractivity contribution >= 4 is 50.7 Å². The Morgan fingerprint density at radius 2 is 0.897 bits per heavy atom. The van der Waals surface area contributed by atoms with Crippen molar-refractivity contribution in [3.05, 3.63) is 216 Å². The van der Waals surface area contributed by atoms with Gasteiger partial charge in [0.25, 0.3) is 11.8 Å². The van der Waals surface area contributed by atoms with Crippen LogP contribution in [0, 0.1) is 13.1 Å². The van der Waals surface area contributed by atoms with Crippen molar-refractivity contribution in [2.24, 2.45) is 0 Å². The standard InChI is InChI=1S/C52H30N4O2/c1-53-38-20-9-18-36(30-38)41-22-11-24-43-44-25-12-23-42(37-19-10-21-39(31-37)54-2)50(44)55(49(41)43)46-27-13-26-45-48(46)52(58)56(51(45)57)47-32-35(33-14-5-3-6-15-33)28-29-40(47)34-16-7-4-8-17-34/h3-32H. The Morgan fingerprint density at radius 1 is 0.379 bits per heavy atom. The summed E-state index contributed by atoms with van der Waals surface area (Å²) in [4.78, 5) is 38.9. The highest BCUT2D eigenvalue weighted by Crippen LogP contribution is 2.46. The normalized spacial score (nSPS) is 12.1. The Morgan fingerprint density at radius 3 is 1.48 bits per heavy atom. The smallest absolute Gasteiger partial charge is 0.268 e. The molecule has 1 aliphatic heterocycles. The lowest BCUT2D eigenvalue weighted by Crippen LogP contribution is -2.30. The van der Waals surface area contributed by atoms with Crippen LogP contribution in [0.25, 0.3) is 81.7 Å². The molecular formula is C52H30N4O2. The van der Waals surface area contributed by atoms with Gasteiger partial charge in [-0.1, -0.05) is 152 Å². The van der Waals surface area contributed by atoms with Crippen molar-refractivity contribution in [3.8, 4) is 50.2 Å². The van der Waals surface area contributed by atoms with Gasteiger partial charge in [0.15, 0.2) is 11.4 Å². The third-order valence-electron chi connectivity index (χ3n) is 10.9. The molecule has 0 N–H and O–H groups in total. The Balaban J connectivity index is 1.27. The van der Waals surface area contributed by atoms with Crippen LogP contribution in [0.15, 0.2) is 182 Å². The van der Waals surface area contributed by atoms with E-state index in [0.29, 0.717) is 33.9 Å². The van der Waals surface area contributed by atoms with Crippen LogP contribution in [0.3, 0.4) is 0 Å². The molecule has 0 atom stereocenters. The summed E-state index contributed by atoms with van der Waals surface area (Å²) in [6.45, 7) is 15.5. The lowest BCUT2D eigenvalue weighted by molar-refractivity contribution is 0.0926. The molecule has 0 radical (unpaired) electrons. The SMILES string of the molecule is [C-]#[N+]c1cccc(-c2cccc3c4cccc(-c5cccc([N+]#[C-])c5)c4n(-c4cccc5c4C(=O)N(c4cc(-c6ccccc6)ccc4-c4ccccc4)C5=O)c23)c1. The third-order valence-corrected chi connectivity index (χ3v) is 10.9. The molecule has 10 rings (SSSR count). The number of hydrogen-bond acceptors (Lipinski definition) is 2. The van der Waals surface area contributed by atoms with E-state index in [9.17, 15) is 4.79 Å². The molecule has 0 spiro atoms. The second kappa shape index (κ2) is 13.8. The number of nitrogens with zero attached hydrogens (tertiary/aromatic N) is 4. The first-order chi connectivity index (χ1) is 28.5. The van der Waals surface area contributed by atoms with E-state index >= 15 is 4.79 Å². The molecule has 2 heterocycles. The molecule has 0 unspecified atom stereocenters. The van der Waals surface area contributed by atoms with Gasteiger partial charge in [0.2, 0.25) is 0 Å². The highest BCUT2D eigenvalue weighted by atomic mass is 16.2. The van der Waals surface area contributed by atoms with Gasteiger partial charge < -0.3 is 4.57 Å². The van der Waals surface area contributed by atoms with E-state index < -0.39 is 11.8 Å². The molecule has 9 aromatic rings. The van der Waals surface area contributed by atoms with Crippen molar-refractivity contribution in [2.75, 3.05) is 4.90 Å². The highest BCUT2D eigenvalue weighted by molar-refractivity contribution is 6.37. The van der Waals surface area contributed by atoms with E-state index in [-0.39, 0.29) is 0 Å². The number of amides is 2. The minimum atomic E-state index is -0.423. The van der Waals surface area contributed by atoms with Crippen LogP contribution in [0.2, 0.25) is 0 Å². The van der Waals surface area contributed by atoms with E-state index in [1.54, 1.807) is 18.2 Å². The third kappa shape index (κ3) is 5.40. The number of hydrogen-bond donors (Lipinski definition) is 0. The maximum absolute atomic E-state index is 15.3. The summed E-state index contributed by atoms with van der Waals surface area (Å²) in [5.74, 6) is -0.826. The number of aromatic nitrogens is 1.